The van der Waals surface area contributed by atoms with Crippen LogP contribution in [0, 0.1) is 0 Å². The second-order valence-electron chi connectivity index (χ2n) is 6.04. The van der Waals surface area contributed by atoms with E-state index in [1.165, 1.54) is 0 Å². The molecule has 0 spiro atoms. The van der Waals surface area contributed by atoms with Gasteiger partial charge in [0.1, 0.15) is 0 Å². The van der Waals surface area contributed by atoms with E-state index in [1.54, 1.807) is 6.20 Å². The molecule has 0 aliphatic rings. The largest absolute Gasteiger partial charge is 0.434 e. The van der Waals surface area contributed by atoms with Crippen LogP contribution >= 0.6 is 0 Å². The Labute approximate surface area is 139 Å². The van der Waals surface area contributed by atoms with E-state index in [-0.39, 0.29) is 0 Å². The van der Waals surface area contributed by atoms with Crippen molar-refractivity contribution >= 4 is 27.8 Å². The average molecular weight is 321 g/mol. The van der Waals surface area contributed by atoms with E-state index in [0.29, 0.717) is 17.1 Å². The SMILES string of the molecule is CN(C)CCNc1cnc2nc(-c3c[nH]c4ccccc34)oc2c1. The lowest BCUT2D eigenvalue weighted by molar-refractivity contribution is 0.425. The van der Waals surface area contributed by atoms with Crippen LogP contribution in [-0.4, -0.2) is 47.0 Å². The quantitative estimate of drug-likeness (QED) is 0.590. The van der Waals surface area contributed by atoms with Crippen LogP contribution in [-0.2, 0) is 0 Å². The second kappa shape index (κ2) is 5.98. The van der Waals surface area contributed by atoms with Gasteiger partial charge in [-0.25, -0.2) is 4.98 Å². The van der Waals surface area contributed by atoms with Crippen molar-refractivity contribution in [3.63, 3.8) is 0 Å². The number of fused-ring (bicyclic) bond motifs is 2. The van der Waals surface area contributed by atoms with Gasteiger partial charge in [-0.15, -0.1) is 0 Å². The summed E-state index contributed by atoms with van der Waals surface area (Å²) in [4.78, 5) is 14.3. The summed E-state index contributed by atoms with van der Waals surface area (Å²) in [7, 11) is 4.10. The van der Waals surface area contributed by atoms with Gasteiger partial charge in [0.25, 0.3) is 0 Å². The molecule has 0 bridgehead atoms. The van der Waals surface area contributed by atoms with Gasteiger partial charge >= 0.3 is 0 Å². The van der Waals surface area contributed by atoms with Gasteiger partial charge < -0.3 is 19.6 Å². The van der Waals surface area contributed by atoms with E-state index < -0.39 is 0 Å². The Morgan fingerprint density at radius 1 is 1.25 bits per heavy atom. The van der Waals surface area contributed by atoms with Gasteiger partial charge in [-0.2, -0.15) is 4.98 Å². The van der Waals surface area contributed by atoms with Crippen molar-refractivity contribution in [3.8, 4) is 11.5 Å². The minimum Gasteiger partial charge on any atom is -0.434 e. The number of aromatic nitrogens is 3. The van der Waals surface area contributed by atoms with Gasteiger partial charge in [-0.05, 0) is 20.2 Å². The van der Waals surface area contributed by atoms with Crippen molar-refractivity contribution in [1.29, 1.82) is 0 Å². The van der Waals surface area contributed by atoms with Crippen LogP contribution in [0.4, 0.5) is 5.69 Å². The zero-order valence-corrected chi connectivity index (χ0v) is 13.7. The molecule has 3 heterocycles. The molecule has 1 aromatic carbocycles. The Morgan fingerprint density at radius 2 is 2.12 bits per heavy atom. The molecule has 2 N–H and O–H groups in total. The van der Waals surface area contributed by atoms with E-state index >= 15 is 0 Å². The van der Waals surface area contributed by atoms with E-state index in [9.17, 15) is 0 Å². The normalized spacial score (nSPS) is 11.6. The fourth-order valence-corrected chi connectivity index (χ4v) is 2.70. The molecule has 0 saturated carbocycles. The Bertz CT molecular complexity index is 985. The maximum atomic E-state index is 5.94. The predicted molar refractivity (Wildman–Crippen MR) is 96.1 cm³/mol. The van der Waals surface area contributed by atoms with E-state index in [0.717, 1.165) is 35.2 Å². The fraction of sp³-hybridized carbons (Fsp3) is 0.222. The van der Waals surface area contributed by atoms with Crippen LogP contribution in [0.15, 0.2) is 47.1 Å². The number of pyridine rings is 1. The molecule has 0 amide bonds. The van der Waals surface area contributed by atoms with Gasteiger partial charge in [0.15, 0.2) is 11.2 Å². The predicted octanol–water partition coefficient (Wildman–Crippen LogP) is 3.34. The van der Waals surface area contributed by atoms with Crippen LogP contribution in [0.1, 0.15) is 0 Å². The number of hydrogen-bond acceptors (Lipinski definition) is 5. The van der Waals surface area contributed by atoms with Crippen molar-refractivity contribution in [1.82, 2.24) is 19.9 Å². The summed E-state index contributed by atoms with van der Waals surface area (Å²) in [5.74, 6) is 0.584. The van der Waals surface area contributed by atoms with Gasteiger partial charge in [0, 0.05) is 36.3 Å². The van der Waals surface area contributed by atoms with Gasteiger partial charge in [-0.1, -0.05) is 18.2 Å². The highest BCUT2D eigenvalue weighted by Crippen LogP contribution is 2.30. The molecule has 0 fully saturated rings. The maximum absolute atomic E-state index is 5.94. The Kier molecular flexibility index (Phi) is 3.66. The minimum atomic E-state index is 0.584. The van der Waals surface area contributed by atoms with Crippen LogP contribution in [0.25, 0.3) is 33.6 Å². The number of nitrogens with one attached hydrogen (secondary N) is 2. The van der Waals surface area contributed by atoms with Crippen molar-refractivity contribution < 1.29 is 4.42 Å². The summed E-state index contributed by atoms with van der Waals surface area (Å²) in [5, 5.41) is 4.43. The van der Waals surface area contributed by atoms with Crippen LogP contribution < -0.4 is 5.32 Å². The third kappa shape index (κ3) is 2.72. The fourth-order valence-electron chi connectivity index (χ4n) is 2.70. The third-order valence-corrected chi connectivity index (χ3v) is 3.95. The molecule has 3 aromatic heterocycles. The summed E-state index contributed by atoms with van der Waals surface area (Å²) >= 11 is 0. The number of nitrogens with zero attached hydrogens (tertiary/aromatic N) is 3. The number of anilines is 1. The number of H-pyrrole nitrogens is 1. The number of hydrogen-bond donors (Lipinski definition) is 2. The number of likely N-dealkylation sites (N-methyl/N-ethyl adjacent to an activating group) is 1. The molecule has 0 aliphatic heterocycles. The molecule has 24 heavy (non-hydrogen) atoms. The first-order valence-corrected chi connectivity index (χ1v) is 7.92. The van der Waals surface area contributed by atoms with Crippen molar-refractivity contribution in [2.45, 2.75) is 0 Å². The Hall–Kier alpha value is -2.86. The number of aromatic amines is 1. The van der Waals surface area contributed by atoms with Crippen LogP contribution in [0.5, 0.6) is 0 Å². The highest BCUT2D eigenvalue weighted by Gasteiger charge is 2.13. The number of benzene rings is 1. The zero-order chi connectivity index (χ0) is 16.5. The first kappa shape index (κ1) is 14.7. The smallest absolute Gasteiger partial charge is 0.231 e. The molecule has 0 radical (unpaired) electrons. The molecular formula is C18H19N5O. The topological polar surface area (TPSA) is 70.0 Å². The first-order chi connectivity index (χ1) is 11.7. The molecule has 4 rings (SSSR count). The third-order valence-electron chi connectivity index (χ3n) is 3.95. The zero-order valence-electron chi connectivity index (χ0n) is 13.7. The van der Waals surface area contributed by atoms with Crippen molar-refractivity contribution in [3.05, 3.63) is 42.7 Å². The van der Waals surface area contributed by atoms with Crippen molar-refractivity contribution in [2.75, 3.05) is 32.5 Å². The van der Waals surface area contributed by atoms with Crippen LogP contribution in [0.2, 0.25) is 0 Å². The number of rotatable bonds is 5. The number of oxazole rings is 1. The molecule has 0 atom stereocenters. The Balaban J connectivity index is 1.66. The van der Waals surface area contributed by atoms with Crippen molar-refractivity contribution in [2.24, 2.45) is 0 Å². The standard InChI is InChI=1S/C18H19N5O/c1-23(2)8-7-19-12-9-16-17(21-10-12)22-18(24-16)14-11-20-15-6-4-3-5-13(14)15/h3-6,9-11,19-20H,7-8H2,1-2H3. The molecule has 0 aliphatic carbocycles. The summed E-state index contributed by atoms with van der Waals surface area (Å²) in [6.45, 7) is 1.80. The first-order valence-electron chi connectivity index (χ1n) is 7.92. The second-order valence-corrected chi connectivity index (χ2v) is 6.04. The molecule has 6 heteroatoms. The lowest BCUT2D eigenvalue weighted by atomic mass is 10.2. The van der Waals surface area contributed by atoms with Gasteiger partial charge in [0.05, 0.1) is 17.4 Å². The summed E-state index contributed by atoms with van der Waals surface area (Å²) in [6.07, 6.45) is 3.71. The molecule has 6 nitrogen and oxygen atoms in total. The Morgan fingerprint density at radius 3 is 3.00 bits per heavy atom. The molecular weight excluding hydrogens is 302 g/mol. The van der Waals surface area contributed by atoms with Crippen LogP contribution in [0.3, 0.4) is 0 Å². The lowest BCUT2D eigenvalue weighted by Gasteiger charge is -2.10. The summed E-state index contributed by atoms with van der Waals surface area (Å²) in [6, 6.07) is 10.0. The average Bonchev–Trinajstić information content (AvgIpc) is 3.17. The highest BCUT2D eigenvalue weighted by atomic mass is 16.3. The molecule has 0 saturated heterocycles. The summed E-state index contributed by atoms with van der Waals surface area (Å²) < 4.78 is 5.94. The molecule has 0 unspecified atom stereocenters. The van der Waals surface area contributed by atoms with Gasteiger partial charge in [0.2, 0.25) is 5.89 Å². The lowest BCUT2D eigenvalue weighted by Crippen LogP contribution is -2.20. The van der Waals surface area contributed by atoms with E-state index in [2.05, 4.69) is 31.2 Å². The molecule has 122 valence electrons. The minimum absolute atomic E-state index is 0.584. The monoisotopic (exact) mass is 321 g/mol. The maximum Gasteiger partial charge on any atom is 0.231 e. The molecule has 4 aromatic rings. The van der Waals surface area contributed by atoms with E-state index in [1.807, 2.05) is 44.6 Å². The van der Waals surface area contributed by atoms with Gasteiger partial charge in [-0.3, -0.25) is 0 Å². The number of para-hydroxylation sites is 1. The van der Waals surface area contributed by atoms with E-state index in [4.69, 9.17) is 4.42 Å². The highest BCUT2D eigenvalue weighted by molar-refractivity contribution is 5.94. The summed E-state index contributed by atoms with van der Waals surface area (Å²) in [5.41, 5.74) is 4.25.